The van der Waals surface area contributed by atoms with Gasteiger partial charge in [-0.25, -0.2) is 4.79 Å². The molecule has 1 aliphatic heterocycles. The number of morpholine rings is 1. The Morgan fingerprint density at radius 3 is 2.85 bits per heavy atom. The molecule has 108 valence electrons. The third kappa shape index (κ3) is 2.91. The van der Waals surface area contributed by atoms with E-state index in [1.165, 1.54) is 19.1 Å². The minimum absolute atomic E-state index is 0.155. The molecule has 1 fully saturated rings. The summed E-state index contributed by atoms with van der Waals surface area (Å²) in [6, 6.07) is 6.13. The number of rotatable bonds is 3. The third-order valence-corrected chi connectivity index (χ3v) is 3.18. The molecule has 1 heterocycles. The molecular formula is C14H17NO5. The third-order valence-electron chi connectivity index (χ3n) is 3.18. The molecule has 0 radical (unpaired) electrons. The number of esters is 1. The fourth-order valence-corrected chi connectivity index (χ4v) is 2.10. The Kier molecular flexibility index (Phi) is 4.57. The molecule has 0 bridgehead atoms. The Hall–Kier alpha value is -2.08. The number of hydrogen-bond acceptors (Lipinski definition) is 5. The van der Waals surface area contributed by atoms with E-state index in [1.807, 2.05) is 0 Å². The van der Waals surface area contributed by atoms with Crippen molar-refractivity contribution in [2.45, 2.75) is 6.04 Å². The van der Waals surface area contributed by atoms with E-state index in [1.54, 1.807) is 24.3 Å². The van der Waals surface area contributed by atoms with Gasteiger partial charge in [0, 0.05) is 12.1 Å². The highest BCUT2D eigenvalue weighted by molar-refractivity contribution is 5.97. The molecule has 0 aliphatic carbocycles. The maximum Gasteiger partial charge on any atom is 0.331 e. The van der Waals surface area contributed by atoms with Gasteiger partial charge in [0.2, 0.25) is 0 Å². The summed E-state index contributed by atoms with van der Waals surface area (Å²) in [4.78, 5) is 25.7. The van der Waals surface area contributed by atoms with Crippen molar-refractivity contribution in [1.29, 1.82) is 0 Å². The summed E-state index contributed by atoms with van der Waals surface area (Å²) in [5.41, 5.74) is 0.472. The zero-order chi connectivity index (χ0) is 14.5. The number of nitrogens with zero attached hydrogens (tertiary/aromatic N) is 1. The van der Waals surface area contributed by atoms with Gasteiger partial charge in [-0.2, -0.15) is 0 Å². The van der Waals surface area contributed by atoms with Crippen LogP contribution in [0.25, 0.3) is 0 Å². The summed E-state index contributed by atoms with van der Waals surface area (Å²) in [6.45, 7) is 0.918. The van der Waals surface area contributed by atoms with Crippen molar-refractivity contribution in [3.05, 3.63) is 29.8 Å². The van der Waals surface area contributed by atoms with Gasteiger partial charge in [-0.15, -0.1) is 0 Å². The molecule has 1 amide bonds. The number of benzene rings is 1. The van der Waals surface area contributed by atoms with Crippen molar-refractivity contribution in [3.63, 3.8) is 0 Å². The Morgan fingerprint density at radius 2 is 2.15 bits per heavy atom. The van der Waals surface area contributed by atoms with Crippen molar-refractivity contribution in [2.24, 2.45) is 0 Å². The predicted molar refractivity (Wildman–Crippen MR) is 70.7 cm³/mol. The minimum atomic E-state index is -0.701. The largest absolute Gasteiger partial charge is 0.497 e. The van der Waals surface area contributed by atoms with Crippen LogP contribution in [-0.2, 0) is 14.3 Å². The van der Waals surface area contributed by atoms with Gasteiger partial charge < -0.3 is 19.1 Å². The van der Waals surface area contributed by atoms with Crippen molar-refractivity contribution in [1.82, 2.24) is 4.90 Å². The van der Waals surface area contributed by atoms with E-state index in [9.17, 15) is 9.59 Å². The maximum atomic E-state index is 12.5. The number of hydrogen-bond donors (Lipinski definition) is 0. The van der Waals surface area contributed by atoms with Crippen molar-refractivity contribution in [3.8, 4) is 5.75 Å². The number of amides is 1. The summed E-state index contributed by atoms with van der Waals surface area (Å²) < 4.78 is 15.1. The molecule has 20 heavy (non-hydrogen) atoms. The zero-order valence-corrected chi connectivity index (χ0v) is 11.5. The first-order valence-corrected chi connectivity index (χ1v) is 6.28. The molecule has 6 heteroatoms. The van der Waals surface area contributed by atoms with Crippen molar-refractivity contribution in [2.75, 3.05) is 34.0 Å². The van der Waals surface area contributed by atoms with Gasteiger partial charge in [0.1, 0.15) is 5.75 Å². The second-order valence-electron chi connectivity index (χ2n) is 4.34. The van der Waals surface area contributed by atoms with E-state index >= 15 is 0 Å². The van der Waals surface area contributed by atoms with E-state index in [-0.39, 0.29) is 12.5 Å². The minimum Gasteiger partial charge on any atom is -0.497 e. The molecule has 2 rings (SSSR count). The summed E-state index contributed by atoms with van der Waals surface area (Å²) in [7, 11) is 2.83. The molecule has 1 saturated heterocycles. The first-order chi connectivity index (χ1) is 9.67. The number of carbonyl (C=O) groups excluding carboxylic acids is 2. The lowest BCUT2D eigenvalue weighted by Gasteiger charge is -2.33. The van der Waals surface area contributed by atoms with E-state index in [0.29, 0.717) is 24.5 Å². The quantitative estimate of drug-likeness (QED) is 0.762. The van der Waals surface area contributed by atoms with Crippen LogP contribution in [0.5, 0.6) is 5.75 Å². The summed E-state index contributed by atoms with van der Waals surface area (Å²) >= 11 is 0. The molecule has 0 saturated carbocycles. The first kappa shape index (κ1) is 14.3. The second kappa shape index (κ2) is 6.38. The van der Waals surface area contributed by atoms with Crippen LogP contribution in [0.15, 0.2) is 24.3 Å². The van der Waals surface area contributed by atoms with Crippen LogP contribution in [0, 0.1) is 0 Å². The highest BCUT2D eigenvalue weighted by Crippen LogP contribution is 2.17. The van der Waals surface area contributed by atoms with Crippen LogP contribution in [0.1, 0.15) is 10.4 Å². The highest BCUT2D eigenvalue weighted by atomic mass is 16.5. The number of ether oxygens (including phenoxy) is 3. The fraction of sp³-hybridized carbons (Fsp3) is 0.429. The molecule has 0 spiro atoms. The normalized spacial score (nSPS) is 18.5. The Labute approximate surface area is 117 Å². The Bertz CT molecular complexity index is 502. The average molecular weight is 279 g/mol. The molecule has 1 aromatic rings. The van der Waals surface area contributed by atoms with Crippen LogP contribution in [0.4, 0.5) is 0 Å². The lowest BCUT2D eigenvalue weighted by Crippen LogP contribution is -2.53. The first-order valence-electron chi connectivity index (χ1n) is 6.28. The molecule has 1 aliphatic rings. The van der Waals surface area contributed by atoms with Gasteiger partial charge in [0.15, 0.2) is 6.04 Å². The van der Waals surface area contributed by atoms with Crippen LogP contribution in [0.2, 0.25) is 0 Å². The summed E-state index contributed by atoms with van der Waals surface area (Å²) in [6.07, 6.45) is 0. The monoisotopic (exact) mass is 279 g/mol. The molecule has 0 aromatic heterocycles. The van der Waals surface area contributed by atoms with Gasteiger partial charge in [-0.3, -0.25) is 4.79 Å². The van der Waals surface area contributed by atoms with Gasteiger partial charge in [-0.1, -0.05) is 6.07 Å². The lowest BCUT2D eigenvalue weighted by atomic mass is 10.1. The van der Waals surface area contributed by atoms with Gasteiger partial charge in [0.05, 0.1) is 27.4 Å². The second-order valence-corrected chi connectivity index (χ2v) is 4.34. The number of methoxy groups -OCH3 is 2. The molecule has 1 unspecified atom stereocenters. The molecule has 1 atom stereocenters. The van der Waals surface area contributed by atoms with Gasteiger partial charge in [0.25, 0.3) is 5.91 Å². The van der Waals surface area contributed by atoms with E-state index in [4.69, 9.17) is 14.2 Å². The Balaban J connectivity index is 2.22. The lowest BCUT2D eigenvalue weighted by molar-refractivity contribution is -0.151. The SMILES string of the molecule is COC(=O)C1COCCN1C(=O)c1cccc(OC)c1. The Morgan fingerprint density at radius 1 is 1.35 bits per heavy atom. The van der Waals surface area contributed by atoms with Crippen molar-refractivity contribution < 1.29 is 23.8 Å². The molecule has 6 nitrogen and oxygen atoms in total. The van der Waals surface area contributed by atoms with Crippen LogP contribution < -0.4 is 4.74 Å². The molecule has 0 N–H and O–H groups in total. The maximum absolute atomic E-state index is 12.5. The highest BCUT2D eigenvalue weighted by Gasteiger charge is 2.34. The summed E-state index contributed by atoms with van der Waals surface area (Å²) in [5.74, 6) is -0.109. The molecule has 1 aromatic carbocycles. The van der Waals surface area contributed by atoms with E-state index in [0.717, 1.165) is 0 Å². The standard InChI is InChI=1S/C14H17NO5/c1-18-11-5-3-4-10(8-11)13(16)15-6-7-20-9-12(15)14(17)19-2/h3-5,8,12H,6-7,9H2,1-2H3. The molecular weight excluding hydrogens is 262 g/mol. The van der Waals surface area contributed by atoms with Crippen LogP contribution in [0.3, 0.4) is 0 Å². The summed E-state index contributed by atoms with van der Waals surface area (Å²) in [5, 5.41) is 0. The fourth-order valence-electron chi connectivity index (χ4n) is 2.10. The van der Waals surface area contributed by atoms with E-state index < -0.39 is 12.0 Å². The average Bonchev–Trinajstić information content (AvgIpc) is 2.53. The topological polar surface area (TPSA) is 65.1 Å². The van der Waals surface area contributed by atoms with Crippen LogP contribution in [-0.4, -0.2) is 56.8 Å². The van der Waals surface area contributed by atoms with Crippen LogP contribution >= 0.6 is 0 Å². The van der Waals surface area contributed by atoms with Gasteiger partial charge in [-0.05, 0) is 18.2 Å². The van der Waals surface area contributed by atoms with Gasteiger partial charge >= 0.3 is 5.97 Å². The smallest absolute Gasteiger partial charge is 0.331 e. The van der Waals surface area contributed by atoms with Crippen molar-refractivity contribution >= 4 is 11.9 Å². The van der Waals surface area contributed by atoms with E-state index in [2.05, 4.69) is 0 Å². The number of carbonyl (C=O) groups is 2. The zero-order valence-electron chi connectivity index (χ0n) is 11.5. The predicted octanol–water partition coefficient (Wildman–Crippen LogP) is 0.709.